The third-order valence-corrected chi connectivity index (χ3v) is 4.66. The number of aliphatic hydroxyl groups is 1. The van der Waals surface area contributed by atoms with E-state index in [1.54, 1.807) is 6.07 Å². The summed E-state index contributed by atoms with van der Waals surface area (Å²) in [6.45, 7) is 0.586. The minimum Gasteiger partial charge on any atom is -0.491 e. The Morgan fingerprint density at radius 3 is 2.57 bits per heavy atom. The zero-order chi connectivity index (χ0) is 15.2. The van der Waals surface area contributed by atoms with Gasteiger partial charge in [-0.05, 0) is 52.3 Å². The fourth-order valence-corrected chi connectivity index (χ4v) is 2.49. The summed E-state index contributed by atoms with van der Waals surface area (Å²) in [5.41, 5.74) is 0.838. The Hall–Kier alpha value is -0.750. The van der Waals surface area contributed by atoms with Crippen molar-refractivity contribution in [1.29, 1.82) is 0 Å². The summed E-state index contributed by atoms with van der Waals surface area (Å²) < 4.78 is 7.29. The van der Waals surface area contributed by atoms with Crippen LogP contribution in [0.15, 0.2) is 51.4 Å². The van der Waals surface area contributed by atoms with E-state index in [1.807, 2.05) is 36.4 Å². The van der Waals surface area contributed by atoms with Gasteiger partial charge in [0.15, 0.2) is 0 Å². The topological polar surface area (TPSA) is 41.5 Å². The highest BCUT2D eigenvalue weighted by Gasteiger charge is 2.08. The van der Waals surface area contributed by atoms with Crippen molar-refractivity contribution in [3.63, 3.8) is 0 Å². The summed E-state index contributed by atoms with van der Waals surface area (Å²) in [7, 11) is 0. The van der Waals surface area contributed by atoms with Gasteiger partial charge in [-0.1, -0.05) is 33.6 Å². The van der Waals surface area contributed by atoms with Gasteiger partial charge in [0.1, 0.15) is 18.5 Å². The lowest BCUT2D eigenvalue weighted by molar-refractivity contribution is 0.117. The van der Waals surface area contributed by atoms with Gasteiger partial charge in [0.05, 0.1) is 15.2 Å². The average Bonchev–Trinajstić information content (AvgIpc) is 2.48. The minimum atomic E-state index is -0.625. The van der Waals surface area contributed by atoms with E-state index in [2.05, 4.69) is 37.2 Å². The summed E-state index contributed by atoms with van der Waals surface area (Å²) in [5.74, 6) is 0.723. The molecule has 0 saturated carbocycles. The maximum atomic E-state index is 9.94. The lowest BCUT2D eigenvalue weighted by atomic mass is 10.3. The van der Waals surface area contributed by atoms with Gasteiger partial charge < -0.3 is 15.2 Å². The third kappa shape index (κ3) is 5.18. The minimum absolute atomic E-state index is 0.215. The van der Waals surface area contributed by atoms with E-state index in [0.29, 0.717) is 11.6 Å². The van der Waals surface area contributed by atoms with E-state index in [4.69, 9.17) is 16.3 Å². The summed E-state index contributed by atoms with van der Waals surface area (Å²) in [4.78, 5) is 0. The molecule has 0 aliphatic heterocycles. The van der Waals surface area contributed by atoms with E-state index in [0.717, 1.165) is 20.4 Å². The van der Waals surface area contributed by atoms with Gasteiger partial charge in [-0.3, -0.25) is 0 Å². The highest BCUT2D eigenvalue weighted by atomic mass is 79.9. The van der Waals surface area contributed by atoms with Crippen molar-refractivity contribution in [3.05, 3.63) is 56.4 Å². The van der Waals surface area contributed by atoms with E-state index in [9.17, 15) is 5.11 Å². The van der Waals surface area contributed by atoms with Crippen LogP contribution in [0.3, 0.4) is 0 Å². The standard InChI is InChI=1S/C15H14Br2ClNO2/c16-10-4-6-12(7-5-10)21-9-11(20)8-19-14-3-1-2-13(18)15(14)17/h1-7,11,19-20H,8-9H2. The van der Waals surface area contributed by atoms with Crippen molar-refractivity contribution in [2.24, 2.45) is 0 Å². The smallest absolute Gasteiger partial charge is 0.119 e. The predicted octanol–water partition coefficient (Wildman–Crippen LogP) is 4.72. The Morgan fingerprint density at radius 1 is 1.14 bits per heavy atom. The molecule has 0 spiro atoms. The van der Waals surface area contributed by atoms with E-state index in [1.165, 1.54) is 0 Å². The third-order valence-electron chi connectivity index (χ3n) is 2.74. The van der Waals surface area contributed by atoms with Crippen LogP contribution in [0.25, 0.3) is 0 Å². The van der Waals surface area contributed by atoms with Gasteiger partial charge in [-0.15, -0.1) is 0 Å². The van der Waals surface area contributed by atoms with Crippen molar-refractivity contribution in [2.45, 2.75) is 6.10 Å². The molecule has 112 valence electrons. The molecule has 2 N–H and O–H groups in total. The van der Waals surface area contributed by atoms with Crippen LogP contribution in [-0.4, -0.2) is 24.4 Å². The van der Waals surface area contributed by atoms with Crippen molar-refractivity contribution < 1.29 is 9.84 Å². The molecule has 3 nitrogen and oxygen atoms in total. The molecule has 0 amide bonds. The van der Waals surface area contributed by atoms with E-state index < -0.39 is 6.10 Å². The molecule has 0 aliphatic rings. The summed E-state index contributed by atoms with van der Waals surface area (Å²) >= 11 is 12.8. The molecule has 0 radical (unpaired) electrons. The number of halogens is 3. The number of rotatable bonds is 6. The largest absolute Gasteiger partial charge is 0.491 e. The first-order valence-electron chi connectivity index (χ1n) is 6.30. The van der Waals surface area contributed by atoms with E-state index >= 15 is 0 Å². The Balaban J connectivity index is 1.80. The molecular weight excluding hydrogens is 421 g/mol. The van der Waals surface area contributed by atoms with Crippen LogP contribution in [-0.2, 0) is 0 Å². The van der Waals surface area contributed by atoms with Crippen LogP contribution >= 0.6 is 43.5 Å². The van der Waals surface area contributed by atoms with Gasteiger partial charge in [0.2, 0.25) is 0 Å². The normalized spacial score (nSPS) is 12.0. The molecular formula is C15H14Br2ClNO2. The van der Waals surface area contributed by atoms with Crippen molar-refractivity contribution in [3.8, 4) is 5.75 Å². The number of ether oxygens (including phenoxy) is 1. The second kappa shape index (κ2) is 8.03. The molecule has 21 heavy (non-hydrogen) atoms. The molecule has 0 fully saturated rings. The molecule has 0 bridgehead atoms. The highest BCUT2D eigenvalue weighted by molar-refractivity contribution is 9.11. The van der Waals surface area contributed by atoms with Gasteiger partial charge in [0.25, 0.3) is 0 Å². The van der Waals surface area contributed by atoms with E-state index in [-0.39, 0.29) is 6.61 Å². The summed E-state index contributed by atoms with van der Waals surface area (Å²) in [6, 6.07) is 13.0. The van der Waals surface area contributed by atoms with Gasteiger partial charge in [-0.25, -0.2) is 0 Å². The van der Waals surface area contributed by atoms with Crippen LogP contribution < -0.4 is 10.1 Å². The zero-order valence-corrected chi connectivity index (χ0v) is 15.0. The lowest BCUT2D eigenvalue weighted by Gasteiger charge is -2.15. The highest BCUT2D eigenvalue weighted by Crippen LogP contribution is 2.29. The predicted molar refractivity (Wildman–Crippen MR) is 93.3 cm³/mol. The van der Waals surface area contributed by atoms with Crippen molar-refractivity contribution in [2.75, 3.05) is 18.5 Å². The second-order valence-electron chi connectivity index (χ2n) is 4.40. The molecule has 6 heteroatoms. The molecule has 1 atom stereocenters. The number of hydrogen-bond donors (Lipinski definition) is 2. The fraction of sp³-hybridized carbons (Fsp3) is 0.200. The van der Waals surface area contributed by atoms with Crippen LogP contribution in [0.5, 0.6) is 5.75 Å². The summed E-state index contributed by atoms with van der Waals surface area (Å²) in [6.07, 6.45) is -0.625. The zero-order valence-electron chi connectivity index (χ0n) is 11.0. The monoisotopic (exact) mass is 433 g/mol. The van der Waals surface area contributed by atoms with Gasteiger partial charge in [0, 0.05) is 11.0 Å². The van der Waals surface area contributed by atoms with Crippen LogP contribution in [0.1, 0.15) is 0 Å². The molecule has 0 saturated heterocycles. The molecule has 2 aromatic carbocycles. The van der Waals surface area contributed by atoms with Gasteiger partial charge >= 0.3 is 0 Å². The lowest BCUT2D eigenvalue weighted by Crippen LogP contribution is -2.26. The van der Waals surface area contributed by atoms with Crippen LogP contribution in [0.2, 0.25) is 5.02 Å². The SMILES string of the molecule is OC(CNc1cccc(Cl)c1Br)COc1ccc(Br)cc1. The molecule has 0 aliphatic carbocycles. The Morgan fingerprint density at radius 2 is 1.86 bits per heavy atom. The Kier molecular flexibility index (Phi) is 6.36. The average molecular weight is 436 g/mol. The molecule has 2 rings (SSSR count). The number of nitrogens with one attached hydrogen (secondary N) is 1. The first-order chi connectivity index (χ1) is 10.1. The first-order valence-corrected chi connectivity index (χ1v) is 8.27. The Bertz CT molecular complexity index is 593. The molecule has 0 heterocycles. The second-order valence-corrected chi connectivity index (χ2v) is 6.52. The maximum Gasteiger partial charge on any atom is 0.119 e. The van der Waals surface area contributed by atoms with Crippen molar-refractivity contribution >= 4 is 49.1 Å². The fourth-order valence-electron chi connectivity index (χ4n) is 1.65. The molecule has 0 aromatic heterocycles. The van der Waals surface area contributed by atoms with Gasteiger partial charge in [-0.2, -0.15) is 0 Å². The first kappa shape index (κ1) is 16.6. The number of benzene rings is 2. The van der Waals surface area contributed by atoms with Crippen LogP contribution in [0.4, 0.5) is 5.69 Å². The number of hydrogen-bond acceptors (Lipinski definition) is 3. The quantitative estimate of drug-likeness (QED) is 0.690. The van der Waals surface area contributed by atoms with Crippen molar-refractivity contribution in [1.82, 2.24) is 0 Å². The molecule has 2 aromatic rings. The number of aliphatic hydroxyl groups excluding tert-OH is 1. The molecule has 1 unspecified atom stereocenters. The number of anilines is 1. The summed E-state index contributed by atoms with van der Waals surface area (Å²) in [5, 5.41) is 13.7. The maximum absolute atomic E-state index is 9.94. The van der Waals surface area contributed by atoms with Crippen LogP contribution in [0, 0.1) is 0 Å². The Labute approximate surface area is 145 Å².